The molecule has 0 spiro atoms. The van der Waals surface area contributed by atoms with Crippen molar-refractivity contribution in [3.05, 3.63) is 75.3 Å². The fourth-order valence-electron chi connectivity index (χ4n) is 4.04. The van der Waals surface area contributed by atoms with Gasteiger partial charge in [0.2, 0.25) is 0 Å². The molecule has 28 heavy (non-hydrogen) atoms. The second-order valence-electron chi connectivity index (χ2n) is 7.52. The van der Waals surface area contributed by atoms with Crippen molar-refractivity contribution in [3.63, 3.8) is 0 Å². The quantitative estimate of drug-likeness (QED) is 0.522. The first kappa shape index (κ1) is 17.5. The van der Waals surface area contributed by atoms with Crippen LogP contribution in [0.15, 0.2) is 53.5 Å². The molecule has 4 heterocycles. The number of thiazole rings is 1. The van der Waals surface area contributed by atoms with E-state index in [-0.39, 0.29) is 5.56 Å². The number of hydrogen-bond acceptors (Lipinski definition) is 5. The van der Waals surface area contributed by atoms with Crippen molar-refractivity contribution in [2.75, 3.05) is 6.54 Å². The van der Waals surface area contributed by atoms with Crippen molar-refractivity contribution in [2.24, 2.45) is 0 Å². The number of rotatable bonds is 3. The van der Waals surface area contributed by atoms with Crippen molar-refractivity contribution in [1.29, 1.82) is 0 Å². The number of likely N-dealkylation sites (tertiary alicyclic amines) is 1. The van der Waals surface area contributed by atoms with Gasteiger partial charge in [-0.15, -0.1) is 11.3 Å². The fraction of sp³-hybridized carbons (Fsp3) is 0.318. The number of para-hydroxylation sites is 1. The van der Waals surface area contributed by atoms with E-state index < -0.39 is 0 Å². The molecule has 1 fully saturated rings. The third-order valence-electron chi connectivity index (χ3n) is 5.43. The average Bonchev–Trinajstić information content (AvgIpc) is 3.13. The Morgan fingerprint density at radius 3 is 2.93 bits per heavy atom. The van der Waals surface area contributed by atoms with Gasteiger partial charge in [-0.05, 0) is 50.1 Å². The van der Waals surface area contributed by atoms with Gasteiger partial charge in [0.1, 0.15) is 10.7 Å². The van der Waals surface area contributed by atoms with E-state index in [0.717, 1.165) is 29.7 Å². The zero-order valence-electron chi connectivity index (χ0n) is 15.8. The van der Waals surface area contributed by atoms with Gasteiger partial charge in [0.05, 0.1) is 22.0 Å². The molecule has 1 aliphatic rings. The maximum atomic E-state index is 12.6. The lowest BCUT2D eigenvalue weighted by Gasteiger charge is -2.34. The summed E-state index contributed by atoms with van der Waals surface area (Å²) in [6.45, 7) is 3.67. The molecule has 1 saturated heterocycles. The maximum Gasteiger partial charge on any atom is 0.258 e. The van der Waals surface area contributed by atoms with Gasteiger partial charge >= 0.3 is 0 Å². The zero-order valence-corrected chi connectivity index (χ0v) is 16.7. The van der Waals surface area contributed by atoms with Crippen LogP contribution in [0.2, 0.25) is 0 Å². The van der Waals surface area contributed by atoms with Crippen LogP contribution in [-0.4, -0.2) is 25.8 Å². The molecule has 5 nitrogen and oxygen atoms in total. The van der Waals surface area contributed by atoms with Crippen LogP contribution < -0.4 is 5.56 Å². The van der Waals surface area contributed by atoms with Crippen molar-refractivity contribution in [2.45, 2.75) is 38.8 Å². The third-order valence-corrected chi connectivity index (χ3v) is 6.57. The summed E-state index contributed by atoms with van der Waals surface area (Å²) in [5, 5.41) is 1.18. The lowest BCUT2D eigenvalue weighted by Crippen LogP contribution is -2.33. The first-order valence-electron chi connectivity index (χ1n) is 9.76. The highest BCUT2D eigenvalue weighted by atomic mass is 32.1. The molecule has 1 atom stereocenters. The topological polar surface area (TPSA) is 50.5 Å². The van der Waals surface area contributed by atoms with Crippen LogP contribution in [0.5, 0.6) is 0 Å². The van der Waals surface area contributed by atoms with Crippen molar-refractivity contribution in [3.8, 4) is 0 Å². The van der Waals surface area contributed by atoms with E-state index in [2.05, 4.69) is 23.1 Å². The molecule has 1 aromatic carbocycles. The number of nitrogens with zero attached hydrogens (tertiary/aromatic N) is 4. The second-order valence-corrected chi connectivity index (χ2v) is 8.58. The number of piperidine rings is 1. The Morgan fingerprint density at radius 1 is 1.14 bits per heavy atom. The summed E-state index contributed by atoms with van der Waals surface area (Å²) in [6, 6.07) is 14.2. The van der Waals surface area contributed by atoms with Gasteiger partial charge in [-0.1, -0.05) is 24.6 Å². The molecule has 1 aliphatic heterocycles. The molecular weight excluding hydrogens is 368 g/mol. The van der Waals surface area contributed by atoms with Crippen LogP contribution in [0.25, 0.3) is 15.9 Å². The number of aryl methyl sites for hydroxylation is 1. The molecule has 0 saturated carbocycles. The van der Waals surface area contributed by atoms with Crippen LogP contribution >= 0.6 is 11.3 Å². The molecule has 142 valence electrons. The molecule has 5 rings (SSSR count). The zero-order chi connectivity index (χ0) is 19.1. The number of aromatic nitrogens is 3. The van der Waals surface area contributed by atoms with E-state index in [1.54, 1.807) is 21.8 Å². The number of fused-ring (bicyclic) bond motifs is 2. The molecule has 0 bridgehead atoms. The first-order chi connectivity index (χ1) is 13.7. The number of benzene rings is 1. The summed E-state index contributed by atoms with van der Waals surface area (Å²) >= 11 is 1.79. The predicted octanol–water partition coefficient (Wildman–Crippen LogP) is 4.34. The van der Waals surface area contributed by atoms with Crippen LogP contribution in [0.4, 0.5) is 0 Å². The van der Waals surface area contributed by atoms with E-state index in [4.69, 9.17) is 9.97 Å². The lowest BCUT2D eigenvalue weighted by molar-refractivity contribution is 0.138. The molecule has 0 amide bonds. The highest BCUT2D eigenvalue weighted by Crippen LogP contribution is 2.36. The Bertz CT molecular complexity index is 1180. The van der Waals surface area contributed by atoms with Gasteiger partial charge in [0, 0.05) is 18.8 Å². The van der Waals surface area contributed by atoms with Crippen molar-refractivity contribution >= 4 is 27.2 Å². The molecule has 4 aromatic rings. The van der Waals surface area contributed by atoms with Crippen LogP contribution in [-0.2, 0) is 6.54 Å². The van der Waals surface area contributed by atoms with E-state index in [1.807, 2.05) is 31.3 Å². The highest BCUT2D eigenvalue weighted by Gasteiger charge is 2.27. The summed E-state index contributed by atoms with van der Waals surface area (Å²) in [4.78, 5) is 24.6. The van der Waals surface area contributed by atoms with E-state index in [1.165, 1.54) is 22.5 Å². The van der Waals surface area contributed by atoms with Gasteiger partial charge in [0.15, 0.2) is 0 Å². The van der Waals surface area contributed by atoms with Gasteiger partial charge in [0.25, 0.3) is 5.56 Å². The Balaban J connectivity index is 1.48. The first-order valence-corrected chi connectivity index (χ1v) is 10.6. The van der Waals surface area contributed by atoms with Crippen molar-refractivity contribution in [1.82, 2.24) is 19.3 Å². The van der Waals surface area contributed by atoms with Gasteiger partial charge < -0.3 is 0 Å². The van der Waals surface area contributed by atoms with Crippen LogP contribution in [0.1, 0.15) is 41.6 Å². The minimum Gasteiger partial charge on any atom is -0.288 e. The van der Waals surface area contributed by atoms with Gasteiger partial charge in [-0.25, -0.2) is 9.97 Å². The van der Waals surface area contributed by atoms with E-state index in [0.29, 0.717) is 18.2 Å². The Kier molecular flexibility index (Phi) is 4.45. The number of hydrogen-bond donors (Lipinski definition) is 0. The molecular formula is C22H22N4OS. The fourth-order valence-corrected chi connectivity index (χ4v) is 5.18. The summed E-state index contributed by atoms with van der Waals surface area (Å²) in [6.07, 6.45) is 5.34. The lowest BCUT2D eigenvalue weighted by atomic mass is 10.0. The summed E-state index contributed by atoms with van der Waals surface area (Å²) < 4.78 is 2.86. The normalized spacial score (nSPS) is 18.1. The minimum absolute atomic E-state index is 0.0164. The Hall–Kier alpha value is -2.57. The largest absolute Gasteiger partial charge is 0.288 e. The van der Waals surface area contributed by atoms with Gasteiger partial charge in [-0.3, -0.25) is 14.1 Å². The monoisotopic (exact) mass is 390 g/mol. The smallest absolute Gasteiger partial charge is 0.258 e. The maximum absolute atomic E-state index is 12.6. The van der Waals surface area contributed by atoms with Gasteiger partial charge in [-0.2, -0.15) is 0 Å². The van der Waals surface area contributed by atoms with E-state index >= 15 is 0 Å². The Morgan fingerprint density at radius 2 is 2.04 bits per heavy atom. The standard InChI is InChI=1S/C22H22N4OS/c1-15-9-10-20-23-16(12-21(27)26(20)13-15)14-25-11-5-4-7-18(25)22-24-17-6-2-3-8-19(17)28-22/h2-3,6,8-10,12-13,18H,4-5,7,11,14H2,1H3/t18-/m1/s1. The summed E-state index contributed by atoms with van der Waals surface area (Å²) in [5.41, 5.74) is 3.65. The molecule has 6 heteroatoms. The molecule has 0 unspecified atom stereocenters. The predicted molar refractivity (Wildman–Crippen MR) is 113 cm³/mol. The average molecular weight is 391 g/mol. The van der Waals surface area contributed by atoms with Crippen molar-refractivity contribution < 1.29 is 0 Å². The molecule has 0 radical (unpaired) electrons. The van der Waals surface area contributed by atoms with Crippen LogP contribution in [0, 0.1) is 6.92 Å². The Labute approximate surface area is 167 Å². The molecule has 0 N–H and O–H groups in total. The SMILES string of the molecule is Cc1ccc2nc(CN3CCCC[C@@H]3c3nc4ccccc4s3)cc(=O)n2c1. The third kappa shape index (κ3) is 3.23. The molecule has 0 aliphatic carbocycles. The molecule has 3 aromatic heterocycles. The summed E-state index contributed by atoms with van der Waals surface area (Å²) in [7, 11) is 0. The minimum atomic E-state index is -0.0164. The second kappa shape index (κ2) is 7.11. The summed E-state index contributed by atoms with van der Waals surface area (Å²) in [5.74, 6) is 0. The highest BCUT2D eigenvalue weighted by molar-refractivity contribution is 7.18. The van der Waals surface area contributed by atoms with E-state index in [9.17, 15) is 4.79 Å². The van der Waals surface area contributed by atoms with Crippen LogP contribution in [0.3, 0.4) is 0 Å². The number of pyridine rings is 1.